The number of nitrogens with one attached hydrogen (secondary N) is 3. The first-order chi connectivity index (χ1) is 21.2. The van der Waals surface area contributed by atoms with Crippen LogP contribution in [0.25, 0.3) is 17.4 Å². The zero-order chi connectivity index (χ0) is 31.1. The molecule has 10 heteroatoms. The first kappa shape index (κ1) is 30.1. The first-order valence-electron chi connectivity index (χ1n) is 13.8. The van der Waals surface area contributed by atoms with Crippen LogP contribution in [0.3, 0.4) is 0 Å². The Kier molecular flexibility index (Phi) is 9.41. The molecule has 0 aliphatic heterocycles. The van der Waals surface area contributed by atoms with Crippen LogP contribution in [0, 0.1) is 13.8 Å². The maximum absolute atomic E-state index is 13.4. The Morgan fingerprint density at radius 2 is 1.59 bits per heavy atom. The summed E-state index contributed by atoms with van der Waals surface area (Å²) in [6, 6.07) is 28.8. The third-order valence-corrected chi connectivity index (χ3v) is 7.56. The summed E-state index contributed by atoms with van der Waals surface area (Å²) < 4.78 is 11.0. The lowest BCUT2D eigenvalue weighted by atomic mass is 10.1. The van der Waals surface area contributed by atoms with Crippen molar-refractivity contribution < 1.29 is 23.3 Å². The molecule has 3 amide bonds. The van der Waals surface area contributed by atoms with Crippen molar-refractivity contribution in [3.63, 3.8) is 0 Å². The normalized spacial score (nSPS) is 11.9. The van der Waals surface area contributed by atoms with Gasteiger partial charge < -0.3 is 24.9 Å². The highest BCUT2D eigenvalue weighted by molar-refractivity contribution is 8.00. The second kappa shape index (κ2) is 13.7. The fourth-order valence-corrected chi connectivity index (χ4v) is 4.98. The smallest absolute Gasteiger partial charge is 0.272 e. The number of amides is 3. The molecule has 2 heterocycles. The van der Waals surface area contributed by atoms with Crippen LogP contribution in [0.5, 0.6) is 0 Å². The van der Waals surface area contributed by atoms with E-state index in [4.69, 9.17) is 8.94 Å². The fourth-order valence-electron chi connectivity index (χ4n) is 4.11. The van der Waals surface area contributed by atoms with E-state index >= 15 is 0 Å². The minimum absolute atomic E-state index is 0.00972. The summed E-state index contributed by atoms with van der Waals surface area (Å²) in [5.74, 6) is 0.828. The van der Waals surface area contributed by atoms with Crippen LogP contribution in [-0.2, 0) is 9.59 Å². The molecular weight excluding hydrogens is 576 g/mol. The van der Waals surface area contributed by atoms with Crippen LogP contribution in [0.15, 0.2) is 117 Å². The number of rotatable bonds is 10. The summed E-state index contributed by atoms with van der Waals surface area (Å²) in [6.45, 7) is 5.54. The summed E-state index contributed by atoms with van der Waals surface area (Å²) in [4.78, 5) is 39.7. The summed E-state index contributed by atoms with van der Waals surface area (Å²) in [6.07, 6.45) is 1.49. The molecule has 3 aromatic carbocycles. The number of thioether (sulfide) groups is 1. The lowest BCUT2D eigenvalue weighted by Gasteiger charge is -2.12. The van der Waals surface area contributed by atoms with E-state index in [1.807, 2.05) is 43.3 Å². The van der Waals surface area contributed by atoms with Crippen molar-refractivity contribution in [2.75, 3.05) is 10.6 Å². The largest absolute Gasteiger partial charge is 0.457 e. The Morgan fingerprint density at radius 3 is 2.27 bits per heavy atom. The molecule has 3 N–H and O–H groups in total. The third kappa shape index (κ3) is 7.93. The van der Waals surface area contributed by atoms with Crippen LogP contribution in [-0.4, -0.2) is 28.1 Å². The number of anilines is 2. The number of nitrogens with zero attached hydrogens (tertiary/aromatic N) is 1. The molecule has 222 valence electrons. The van der Waals surface area contributed by atoms with Gasteiger partial charge in [-0.3, -0.25) is 14.4 Å². The van der Waals surface area contributed by atoms with Gasteiger partial charge in [-0.25, -0.2) is 0 Å². The number of aryl methyl sites for hydroxylation is 2. The van der Waals surface area contributed by atoms with Gasteiger partial charge in [-0.1, -0.05) is 53.2 Å². The van der Waals surface area contributed by atoms with Gasteiger partial charge in [0.25, 0.3) is 11.8 Å². The average molecular weight is 607 g/mol. The van der Waals surface area contributed by atoms with Gasteiger partial charge in [0, 0.05) is 33.9 Å². The molecule has 0 aliphatic rings. The van der Waals surface area contributed by atoms with E-state index in [2.05, 4.69) is 21.1 Å². The number of carbonyl (C=O) groups excluding carboxylic acids is 3. The second-order valence-electron chi connectivity index (χ2n) is 10.00. The molecule has 0 saturated heterocycles. The molecule has 5 rings (SSSR count). The molecule has 9 nitrogen and oxygen atoms in total. The molecule has 0 radical (unpaired) electrons. The molecule has 0 aliphatic carbocycles. The predicted octanol–water partition coefficient (Wildman–Crippen LogP) is 7.08. The van der Waals surface area contributed by atoms with Crippen molar-refractivity contribution in [3.8, 4) is 11.3 Å². The first-order valence-corrected chi connectivity index (χ1v) is 14.7. The predicted molar refractivity (Wildman–Crippen MR) is 171 cm³/mol. The molecule has 0 saturated carbocycles. The number of benzene rings is 3. The van der Waals surface area contributed by atoms with Gasteiger partial charge in [0.1, 0.15) is 23.0 Å². The molecule has 1 atom stereocenters. The molecule has 0 unspecified atom stereocenters. The van der Waals surface area contributed by atoms with E-state index < -0.39 is 17.1 Å². The standard InChI is InChI=1S/C34H30N4O5S/c1-21-9-11-24(12-10-21)30-18-15-27(42-30)20-29(36-33(40)25-7-5-4-6-8-25)34(41)35-26-13-16-28(17-14-26)44-23(3)32(39)37-31-19-22(2)43-38-31/h4-20,23H,1-3H3,(H,35,41)(H,36,40)(H,37,38,39)/b29-20-/t23-/m1/s1. The van der Waals surface area contributed by atoms with Crippen molar-refractivity contribution in [2.24, 2.45) is 0 Å². The molecule has 2 aromatic heterocycles. The van der Waals surface area contributed by atoms with Gasteiger partial charge in [-0.2, -0.15) is 0 Å². The van der Waals surface area contributed by atoms with Crippen LogP contribution < -0.4 is 16.0 Å². The summed E-state index contributed by atoms with van der Waals surface area (Å²) in [7, 11) is 0. The van der Waals surface area contributed by atoms with Crippen molar-refractivity contribution >= 4 is 47.1 Å². The van der Waals surface area contributed by atoms with Gasteiger partial charge >= 0.3 is 0 Å². The Bertz CT molecular complexity index is 1790. The molecule has 0 fully saturated rings. The molecule has 5 aromatic rings. The van der Waals surface area contributed by atoms with Crippen molar-refractivity contribution in [1.82, 2.24) is 10.5 Å². The van der Waals surface area contributed by atoms with Crippen LogP contribution in [0.1, 0.15) is 34.4 Å². The van der Waals surface area contributed by atoms with E-state index in [0.717, 1.165) is 16.0 Å². The Hall–Kier alpha value is -5.35. The van der Waals surface area contributed by atoms with Crippen molar-refractivity contribution in [3.05, 3.63) is 125 Å². The Labute approximate surface area is 258 Å². The van der Waals surface area contributed by atoms with E-state index in [1.165, 1.54) is 17.8 Å². The highest BCUT2D eigenvalue weighted by Crippen LogP contribution is 2.27. The summed E-state index contributed by atoms with van der Waals surface area (Å²) >= 11 is 1.36. The number of aromatic nitrogens is 1. The summed E-state index contributed by atoms with van der Waals surface area (Å²) in [5, 5.41) is 11.6. The van der Waals surface area contributed by atoms with Gasteiger partial charge in [-0.15, -0.1) is 11.8 Å². The third-order valence-electron chi connectivity index (χ3n) is 6.45. The summed E-state index contributed by atoms with van der Waals surface area (Å²) in [5.41, 5.74) is 2.95. The molecular formula is C34H30N4O5S. The zero-order valence-corrected chi connectivity index (χ0v) is 25.1. The van der Waals surface area contributed by atoms with E-state index in [9.17, 15) is 14.4 Å². The van der Waals surface area contributed by atoms with E-state index in [-0.39, 0.29) is 11.6 Å². The number of hydrogen-bond acceptors (Lipinski definition) is 7. The number of furan rings is 1. The van der Waals surface area contributed by atoms with Gasteiger partial charge in [0.05, 0.1) is 5.25 Å². The van der Waals surface area contributed by atoms with Gasteiger partial charge in [0.15, 0.2) is 5.82 Å². The van der Waals surface area contributed by atoms with Gasteiger partial charge in [0.2, 0.25) is 5.91 Å². The second-order valence-corrected chi connectivity index (χ2v) is 11.4. The molecule has 0 bridgehead atoms. The van der Waals surface area contributed by atoms with Crippen LogP contribution in [0.2, 0.25) is 0 Å². The number of carbonyl (C=O) groups is 3. The zero-order valence-electron chi connectivity index (χ0n) is 24.3. The fraction of sp³-hybridized carbons (Fsp3) is 0.118. The van der Waals surface area contributed by atoms with Gasteiger partial charge in [-0.05, 0) is 69.3 Å². The maximum atomic E-state index is 13.4. The minimum atomic E-state index is -0.529. The lowest BCUT2D eigenvalue weighted by molar-refractivity contribution is -0.115. The quantitative estimate of drug-likeness (QED) is 0.115. The lowest BCUT2D eigenvalue weighted by Crippen LogP contribution is -2.30. The monoisotopic (exact) mass is 606 g/mol. The topological polar surface area (TPSA) is 126 Å². The van der Waals surface area contributed by atoms with Crippen LogP contribution in [0.4, 0.5) is 11.5 Å². The highest BCUT2D eigenvalue weighted by Gasteiger charge is 2.18. The SMILES string of the molecule is Cc1ccc(-c2ccc(/C=C(\NC(=O)c3ccccc3)C(=O)Nc3ccc(S[C@H](C)C(=O)Nc4cc(C)on4)cc3)o2)cc1. The maximum Gasteiger partial charge on any atom is 0.272 e. The van der Waals surface area contributed by atoms with Crippen molar-refractivity contribution in [1.29, 1.82) is 0 Å². The molecule has 0 spiro atoms. The minimum Gasteiger partial charge on any atom is -0.457 e. The number of hydrogen-bond donors (Lipinski definition) is 3. The Morgan fingerprint density at radius 1 is 0.864 bits per heavy atom. The molecule has 44 heavy (non-hydrogen) atoms. The van der Waals surface area contributed by atoms with Crippen LogP contribution >= 0.6 is 11.8 Å². The van der Waals surface area contributed by atoms with Crippen molar-refractivity contribution in [2.45, 2.75) is 30.9 Å². The highest BCUT2D eigenvalue weighted by atomic mass is 32.2. The average Bonchev–Trinajstić information content (AvgIpc) is 3.67. The van der Waals surface area contributed by atoms with E-state index in [1.54, 1.807) is 74.5 Å². The van der Waals surface area contributed by atoms with E-state index in [0.29, 0.717) is 34.3 Å². The Balaban J connectivity index is 1.29.